The molecule has 0 aromatic carbocycles. The quantitative estimate of drug-likeness (QED) is 0.494. The molecule has 0 heterocycles. The molecule has 0 bridgehead atoms. The number of hydrogen-bond acceptors (Lipinski definition) is 3. The van der Waals surface area contributed by atoms with Gasteiger partial charge in [-0.1, -0.05) is 13.8 Å². The zero-order valence-corrected chi connectivity index (χ0v) is 9.17. The van der Waals surface area contributed by atoms with Gasteiger partial charge in [-0.05, 0) is 33.1 Å². The molecule has 0 amide bonds. The summed E-state index contributed by atoms with van der Waals surface area (Å²) in [5.74, 6) is 0. The maximum absolute atomic E-state index is 8.72. The van der Waals surface area contributed by atoms with Gasteiger partial charge >= 0.3 is 0 Å². The van der Waals surface area contributed by atoms with Crippen LogP contribution in [0.15, 0.2) is 0 Å². The summed E-state index contributed by atoms with van der Waals surface area (Å²) in [7, 11) is 0. The average molecular weight is 190 g/mol. The Labute approximate surface area is 81.0 Å². The van der Waals surface area contributed by atoms with Gasteiger partial charge in [0.15, 0.2) is 0 Å². The van der Waals surface area contributed by atoms with E-state index in [0.717, 1.165) is 12.8 Å². The van der Waals surface area contributed by atoms with Crippen LogP contribution in [0, 0.1) is 0 Å². The van der Waals surface area contributed by atoms with Gasteiger partial charge in [0.05, 0.1) is 11.7 Å². The molecule has 0 saturated heterocycles. The molecule has 0 aliphatic rings. The highest BCUT2D eigenvalue weighted by Gasteiger charge is 2.19. The Hall–Kier alpha value is -0.120. The van der Waals surface area contributed by atoms with Crippen molar-refractivity contribution in [3.63, 3.8) is 0 Å². The first kappa shape index (κ1) is 12.9. The molecule has 1 unspecified atom stereocenters. The second kappa shape index (κ2) is 6.35. The summed E-state index contributed by atoms with van der Waals surface area (Å²) in [6.07, 6.45) is 2.41. The van der Waals surface area contributed by atoms with Crippen molar-refractivity contribution in [3.8, 4) is 0 Å². The number of aliphatic hydroxyl groups is 1. The number of hydrogen-bond donors (Lipinski definition) is 1. The first-order valence-electron chi connectivity index (χ1n) is 5.01. The molecule has 0 rings (SSSR count). The zero-order chi connectivity index (χ0) is 10.3. The van der Waals surface area contributed by atoms with Crippen molar-refractivity contribution in [2.45, 2.75) is 58.7 Å². The molecule has 13 heavy (non-hydrogen) atoms. The van der Waals surface area contributed by atoms with Crippen LogP contribution >= 0.6 is 0 Å². The van der Waals surface area contributed by atoms with Crippen LogP contribution in [0.25, 0.3) is 0 Å². The third kappa shape index (κ3) is 6.02. The minimum absolute atomic E-state index is 0.0100. The number of rotatable bonds is 7. The minimum Gasteiger partial charge on any atom is -0.396 e. The third-order valence-corrected chi connectivity index (χ3v) is 2.17. The summed E-state index contributed by atoms with van der Waals surface area (Å²) in [4.78, 5) is 10.5. The standard InChI is InChI=1S/C10H22O3/c1-5-9(7-8-11)12-13-10(3,4)6-2/h9,11H,5-8H2,1-4H3. The molecule has 0 fully saturated rings. The van der Waals surface area contributed by atoms with Gasteiger partial charge in [-0.2, -0.15) is 0 Å². The highest BCUT2D eigenvalue weighted by molar-refractivity contribution is 4.62. The summed E-state index contributed by atoms with van der Waals surface area (Å²) in [5, 5.41) is 8.72. The Morgan fingerprint density at radius 1 is 1.31 bits per heavy atom. The average Bonchev–Trinajstić information content (AvgIpc) is 2.12. The minimum atomic E-state index is -0.233. The van der Waals surface area contributed by atoms with Crippen LogP contribution in [0.2, 0.25) is 0 Å². The summed E-state index contributed by atoms with van der Waals surface area (Å²) in [6.45, 7) is 8.19. The van der Waals surface area contributed by atoms with Crippen molar-refractivity contribution in [1.29, 1.82) is 0 Å². The SMILES string of the molecule is CCC(CCO)OOC(C)(C)CC. The van der Waals surface area contributed by atoms with Gasteiger partial charge < -0.3 is 5.11 Å². The van der Waals surface area contributed by atoms with Crippen LogP contribution in [0.5, 0.6) is 0 Å². The lowest BCUT2D eigenvalue weighted by Crippen LogP contribution is -2.27. The fourth-order valence-electron chi connectivity index (χ4n) is 0.721. The summed E-state index contributed by atoms with van der Waals surface area (Å²) >= 11 is 0. The normalized spacial score (nSPS) is 14.5. The van der Waals surface area contributed by atoms with E-state index in [2.05, 4.69) is 6.92 Å². The molecular weight excluding hydrogens is 168 g/mol. The van der Waals surface area contributed by atoms with Crippen LogP contribution in [0.3, 0.4) is 0 Å². The zero-order valence-electron chi connectivity index (χ0n) is 9.17. The van der Waals surface area contributed by atoms with E-state index in [4.69, 9.17) is 14.9 Å². The van der Waals surface area contributed by atoms with E-state index in [9.17, 15) is 0 Å². The van der Waals surface area contributed by atoms with Gasteiger partial charge in [-0.15, -0.1) is 0 Å². The summed E-state index contributed by atoms with van der Waals surface area (Å²) in [5.41, 5.74) is -0.233. The molecule has 0 aliphatic carbocycles. The van der Waals surface area contributed by atoms with E-state index in [1.54, 1.807) is 0 Å². The Morgan fingerprint density at radius 2 is 1.92 bits per heavy atom. The van der Waals surface area contributed by atoms with Gasteiger partial charge in [0.25, 0.3) is 0 Å². The first-order chi connectivity index (χ1) is 6.05. The van der Waals surface area contributed by atoms with Crippen LogP contribution in [0.1, 0.15) is 47.0 Å². The molecule has 80 valence electrons. The molecule has 0 aromatic rings. The fraction of sp³-hybridized carbons (Fsp3) is 1.00. The predicted molar refractivity (Wildman–Crippen MR) is 52.3 cm³/mol. The molecule has 1 N–H and O–H groups in total. The van der Waals surface area contributed by atoms with Gasteiger partial charge in [0, 0.05) is 6.61 Å². The van der Waals surface area contributed by atoms with E-state index in [1.165, 1.54) is 0 Å². The molecule has 0 spiro atoms. The topological polar surface area (TPSA) is 38.7 Å². The Bertz CT molecular complexity index is 123. The van der Waals surface area contributed by atoms with Gasteiger partial charge in [-0.3, -0.25) is 0 Å². The highest BCUT2D eigenvalue weighted by atomic mass is 17.2. The van der Waals surface area contributed by atoms with E-state index >= 15 is 0 Å². The Morgan fingerprint density at radius 3 is 2.31 bits per heavy atom. The molecule has 0 saturated carbocycles. The van der Waals surface area contributed by atoms with E-state index < -0.39 is 0 Å². The third-order valence-electron chi connectivity index (χ3n) is 2.17. The second-order valence-electron chi connectivity index (χ2n) is 3.84. The van der Waals surface area contributed by atoms with Crippen molar-refractivity contribution < 1.29 is 14.9 Å². The fourth-order valence-corrected chi connectivity index (χ4v) is 0.721. The molecular formula is C10H22O3. The summed E-state index contributed by atoms with van der Waals surface area (Å²) < 4.78 is 0. The van der Waals surface area contributed by atoms with Crippen LogP contribution in [-0.4, -0.2) is 23.4 Å². The van der Waals surface area contributed by atoms with E-state index in [0.29, 0.717) is 6.42 Å². The Balaban J connectivity index is 3.70. The van der Waals surface area contributed by atoms with Crippen molar-refractivity contribution in [1.82, 2.24) is 0 Å². The van der Waals surface area contributed by atoms with Crippen molar-refractivity contribution in [3.05, 3.63) is 0 Å². The molecule has 3 heteroatoms. The van der Waals surface area contributed by atoms with Crippen LogP contribution in [0.4, 0.5) is 0 Å². The molecule has 0 aliphatic heterocycles. The maximum atomic E-state index is 8.72. The van der Waals surface area contributed by atoms with Crippen molar-refractivity contribution >= 4 is 0 Å². The smallest absolute Gasteiger partial charge is 0.0977 e. The largest absolute Gasteiger partial charge is 0.396 e. The Kier molecular flexibility index (Phi) is 6.29. The lowest BCUT2D eigenvalue weighted by molar-refractivity contribution is -0.379. The molecule has 0 aromatic heterocycles. The lowest BCUT2D eigenvalue weighted by atomic mass is 10.1. The molecule has 0 radical (unpaired) electrons. The van der Waals surface area contributed by atoms with E-state index in [-0.39, 0.29) is 18.3 Å². The van der Waals surface area contributed by atoms with Gasteiger partial charge in [-0.25, -0.2) is 9.78 Å². The maximum Gasteiger partial charge on any atom is 0.0977 e. The monoisotopic (exact) mass is 190 g/mol. The van der Waals surface area contributed by atoms with E-state index in [1.807, 2.05) is 20.8 Å². The number of aliphatic hydroxyl groups excluding tert-OH is 1. The van der Waals surface area contributed by atoms with Crippen molar-refractivity contribution in [2.75, 3.05) is 6.61 Å². The first-order valence-corrected chi connectivity index (χ1v) is 5.01. The molecule has 1 atom stereocenters. The van der Waals surface area contributed by atoms with Crippen molar-refractivity contribution in [2.24, 2.45) is 0 Å². The highest BCUT2D eigenvalue weighted by Crippen LogP contribution is 2.16. The predicted octanol–water partition coefficient (Wildman–Crippen LogP) is 2.28. The van der Waals surface area contributed by atoms with Crippen LogP contribution < -0.4 is 0 Å². The second-order valence-corrected chi connectivity index (χ2v) is 3.84. The van der Waals surface area contributed by atoms with Crippen LogP contribution in [-0.2, 0) is 9.78 Å². The summed E-state index contributed by atoms with van der Waals surface area (Å²) in [6, 6.07) is 0. The van der Waals surface area contributed by atoms with Gasteiger partial charge in [0.1, 0.15) is 0 Å². The van der Waals surface area contributed by atoms with Gasteiger partial charge in [0.2, 0.25) is 0 Å². The lowest BCUT2D eigenvalue weighted by Gasteiger charge is -2.24. The molecule has 3 nitrogen and oxygen atoms in total.